The number of hydrogen-bond donors (Lipinski definition) is 1. The lowest BCUT2D eigenvalue weighted by atomic mass is 9.92. The van der Waals surface area contributed by atoms with Crippen LogP contribution in [-0.4, -0.2) is 13.7 Å². The molecule has 0 aliphatic carbocycles. The third kappa shape index (κ3) is 2.15. The maximum Gasteiger partial charge on any atom is 0.122 e. The molecule has 0 saturated heterocycles. The molecule has 100 valence electrons. The van der Waals surface area contributed by atoms with Crippen LogP contribution in [0.3, 0.4) is 0 Å². The fourth-order valence-electron chi connectivity index (χ4n) is 2.76. The minimum atomic E-state index is 0.156. The molecule has 0 fully saturated rings. The Morgan fingerprint density at radius 3 is 2.84 bits per heavy atom. The van der Waals surface area contributed by atoms with Crippen molar-refractivity contribution in [2.24, 2.45) is 0 Å². The summed E-state index contributed by atoms with van der Waals surface area (Å²) < 4.78 is 11.7. The van der Waals surface area contributed by atoms with Crippen LogP contribution in [0.2, 0.25) is 0 Å². The Hall–Kier alpha value is -1.74. The monoisotopic (exact) mass is 257 g/mol. The van der Waals surface area contributed by atoms with E-state index in [-0.39, 0.29) is 6.04 Å². The van der Waals surface area contributed by atoms with E-state index >= 15 is 0 Å². The summed E-state index contributed by atoms with van der Waals surface area (Å²) in [6.45, 7) is 2.80. The number of rotatable bonds is 4. The highest BCUT2D eigenvalue weighted by atomic mass is 16.5. The third-order valence-corrected chi connectivity index (χ3v) is 3.79. The Bertz CT molecular complexity index is 561. The van der Waals surface area contributed by atoms with E-state index < -0.39 is 0 Å². The number of aryl methyl sites for hydroxylation is 1. The van der Waals surface area contributed by atoms with Gasteiger partial charge >= 0.3 is 0 Å². The molecule has 0 bridgehead atoms. The fourth-order valence-corrected chi connectivity index (χ4v) is 2.76. The van der Waals surface area contributed by atoms with E-state index in [1.54, 1.807) is 0 Å². The zero-order chi connectivity index (χ0) is 13.2. The van der Waals surface area contributed by atoms with Gasteiger partial charge in [0.05, 0.1) is 12.6 Å². The largest absolute Gasteiger partial charge is 0.493 e. The molecule has 2 atom stereocenters. The maximum atomic E-state index is 5.90. The highest BCUT2D eigenvalue weighted by molar-refractivity contribution is 5.41. The van der Waals surface area contributed by atoms with E-state index in [0.29, 0.717) is 12.5 Å². The Morgan fingerprint density at radius 1 is 1.26 bits per heavy atom. The summed E-state index contributed by atoms with van der Waals surface area (Å²) in [5, 5.41) is 3.36. The second-order valence-electron chi connectivity index (χ2n) is 4.88. The molecule has 0 saturated carbocycles. The van der Waals surface area contributed by atoms with Crippen LogP contribution in [0.15, 0.2) is 40.8 Å². The number of nitrogens with one attached hydrogen (secondary N) is 1. The molecule has 3 nitrogen and oxygen atoms in total. The first-order chi connectivity index (χ1) is 9.33. The van der Waals surface area contributed by atoms with Gasteiger partial charge in [0.25, 0.3) is 0 Å². The van der Waals surface area contributed by atoms with Gasteiger partial charge in [-0.1, -0.05) is 25.1 Å². The second-order valence-corrected chi connectivity index (χ2v) is 4.88. The summed E-state index contributed by atoms with van der Waals surface area (Å²) in [7, 11) is 1.97. The standard InChI is InChI=1S/C16H19NO2/c1-3-11-8-9-15(19-11)16(17-2)13-10-18-14-7-5-4-6-12(13)14/h4-9,13,16-17H,3,10H2,1-2H3. The van der Waals surface area contributed by atoms with Gasteiger partial charge in [-0.15, -0.1) is 0 Å². The molecule has 0 spiro atoms. The number of hydrogen-bond acceptors (Lipinski definition) is 3. The molecule has 1 aliphatic rings. The third-order valence-electron chi connectivity index (χ3n) is 3.79. The van der Waals surface area contributed by atoms with Gasteiger partial charge in [-0.3, -0.25) is 0 Å². The predicted octanol–water partition coefficient (Wildman–Crippen LogP) is 3.28. The molecule has 3 rings (SSSR count). The predicted molar refractivity (Wildman–Crippen MR) is 74.6 cm³/mol. The molecular weight excluding hydrogens is 238 g/mol. The van der Waals surface area contributed by atoms with Crippen LogP contribution in [0.25, 0.3) is 0 Å². The molecule has 1 aliphatic heterocycles. The maximum absolute atomic E-state index is 5.90. The molecule has 1 aromatic carbocycles. The molecule has 1 aromatic heterocycles. The number of ether oxygens (including phenoxy) is 1. The van der Waals surface area contributed by atoms with Crippen molar-refractivity contribution in [3.05, 3.63) is 53.5 Å². The van der Waals surface area contributed by atoms with E-state index in [4.69, 9.17) is 9.15 Å². The quantitative estimate of drug-likeness (QED) is 0.912. The minimum absolute atomic E-state index is 0.156. The van der Waals surface area contributed by atoms with E-state index in [0.717, 1.165) is 23.7 Å². The van der Waals surface area contributed by atoms with Crippen LogP contribution in [0.5, 0.6) is 5.75 Å². The molecule has 2 aromatic rings. The lowest BCUT2D eigenvalue weighted by molar-refractivity contribution is 0.285. The smallest absolute Gasteiger partial charge is 0.122 e. The number of fused-ring (bicyclic) bond motifs is 1. The van der Waals surface area contributed by atoms with Crippen LogP contribution in [0.4, 0.5) is 0 Å². The molecule has 0 radical (unpaired) electrons. The molecule has 0 amide bonds. The van der Waals surface area contributed by atoms with E-state index in [1.807, 2.05) is 19.2 Å². The molecular formula is C16H19NO2. The highest BCUT2D eigenvalue weighted by Crippen LogP contribution is 2.41. The Balaban J connectivity index is 1.91. The van der Waals surface area contributed by atoms with Gasteiger partial charge in [0.2, 0.25) is 0 Å². The molecule has 2 unspecified atom stereocenters. The summed E-state index contributed by atoms with van der Waals surface area (Å²) in [6.07, 6.45) is 0.925. The first-order valence-corrected chi connectivity index (χ1v) is 6.81. The molecule has 19 heavy (non-hydrogen) atoms. The van der Waals surface area contributed by atoms with Crippen LogP contribution >= 0.6 is 0 Å². The Labute approximate surface area is 113 Å². The average molecular weight is 257 g/mol. The van der Waals surface area contributed by atoms with Gasteiger partial charge < -0.3 is 14.5 Å². The fraction of sp³-hybridized carbons (Fsp3) is 0.375. The van der Waals surface area contributed by atoms with Crippen LogP contribution in [0, 0.1) is 0 Å². The van der Waals surface area contributed by atoms with E-state index in [1.165, 1.54) is 5.56 Å². The first-order valence-electron chi connectivity index (χ1n) is 6.81. The Morgan fingerprint density at radius 2 is 2.11 bits per heavy atom. The average Bonchev–Trinajstić information content (AvgIpc) is 3.07. The van der Waals surface area contributed by atoms with Crippen molar-refractivity contribution in [2.45, 2.75) is 25.3 Å². The normalized spacial score (nSPS) is 18.9. The lowest BCUT2D eigenvalue weighted by Crippen LogP contribution is -2.24. The highest BCUT2D eigenvalue weighted by Gasteiger charge is 2.32. The van der Waals surface area contributed by atoms with E-state index in [2.05, 4.69) is 36.5 Å². The zero-order valence-corrected chi connectivity index (χ0v) is 11.3. The number of para-hydroxylation sites is 1. The topological polar surface area (TPSA) is 34.4 Å². The summed E-state index contributed by atoms with van der Waals surface area (Å²) in [5.74, 6) is 3.32. The van der Waals surface area contributed by atoms with Gasteiger partial charge in [-0.2, -0.15) is 0 Å². The zero-order valence-electron chi connectivity index (χ0n) is 11.3. The van der Waals surface area contributed by atoms with Crippen molar-refractivity contribution < 1.29 is 9.15 Å². The minimum Gasteiger partial charge on any atom is -0.493 e. The van der Waals surface area contributed by atoms with Crippen molar-refractivity contribution in [3.8, 4) is 5.75 Å². The van der Waals surface area contributed by atoms with E-state index in [9.17, 15) is 0 Å². The van der Waals surface area contributed by atoms with Gasteiger partial charge in [0.15, 0.2) is 0 Å². The number of benzene rings is 1. The number of likely N-dealkylation sites (N-methyl/N-ethyl adjacent to an activating group) is 1. The summed E-state index contributed by atoms with van der Waals surface area (Å²) in [5.41, 5.74) is 1.26. The second kappa shape index (κ2) is 5.10. The molecule has 2 heterocycles. The van der Waals surface area contributed by atoms with Gasteiger partial charge in [-0.05, 0) is 25.2 Å². The van der Waals surface area contributed by atoms with Crippen molar-refractivity contribution in [1.29, 1.82) is 0 Å². The molecule has 1 N–H and O–H groups in total. The van der Waals surface area contributed by atoms with Crippen LogP contribution in [-0.2, 0) is 6.42 Å². The summed E-state index contributed by atoms with van der Waals surface area (Å²) in [6, 6.07) is 12.5. The van der Waals surface area contributed by atoms with Crippen molar-refractivity contribution in [2.75, 3.05) is 13.7 Å². The van der Waals surface area contributed by atoms with Gasteiger partial charge in [-0.25, -0.2) is 0 Å². The van der Waals surface area contributed by atoms with Crippen LogP contribution < -0.4 is 10.1 Å². The lowest BCUT2D eigenvalue weighted by Gasteiger charge is -2.20. The number of furan rings is 1. The van der Waals surface area contributed by atoms with Crippen LogP contribution in [0.1, 0.15) is 36.0 Å². The van der Waals surface area contributed by atoms with Crippen molar-refractivity contribution in [1.82, 2.24) is 5.32 Å². The summed E-state index contributed by atoms with van der Waals surface area (Å²) in [4.78, 5) is 0. The van der Waals surface area contributed by atoms with Gasteiger partial charge in [0.1, 0.15) is 17.3 Å². The van der Waals surface area contributed by atoms with Crippen molar-refractivity contribution in [3.63, 3.8) is 0 Å². The Kier molecular flexibility index (Phi) is 3.30. The van der Waals surface area contributed by atoms with Crippen molar-refractivity contribution >= 4 is 0 Å². The first kappa shape index (κ1) is 12.3. The summed E-state index contributed by atoms with van der Waals surface area (Å²) >= 11 is 0. The van der Waals surface area contributed by atoms with Gasteiger partial charge in [0, 0.05) is 17.9 Å². The molecule has 3 heteroatoms. The SMILES string of the molecule is CCc1ccc(C(NC)C2COc3ccccc32)o1.